The molecule has 5 nitrogen and oxygen atoms in total. The van der Waals surface area contributed by atoms with Crippen molar-refractivity contribution in [1.29, 1.82) is 0 Å². The third kappa shape index (κ3) is 2.43. The van der Waals surface area contributed by atoms with Crippen LogP contribution in [0, 0.1) is 20.8 Å². The molecule has 0 bridgehead atoms. The molecule has 0 spiro atoms. The number of benzene rings is 1. The normalized spacial score (nSPS) is 17.6. The summed E-state index contributed by atoms with van der Waals surface area (Å²) in [6.07, 6.45) is 0.630. The van der Waals surface area contributed by atoms with E-state index in [0.29, 0.717) is 18.5 Å². The first-order valence-electron chi connectivity index (χ1n) is 7.43. The highest BCUT2D eigenvalue weighted by molar-refractivity contribution is 6.09. The van der Waals surface area contributed by atoms with E-state index in [2.05, 4.69) is 15.6 Å². The lowest BCUT2D eigenvalue weighted by atomic mass is 9.99. The van der Waals surface area contributed by atoms with E-state index >= 15 is 0 Å². The van der Waals surface area contributed by atoms with Crippen molar-refractivity contribution in [1.82, 2.24) is 15.6 Å². The summed E-state index contributed by atoms with van der Waals surface area (Å²) in [5.74, 6) is -0.321. The second-order valence-electron chi connectivity index (χ2n) is 5.82. The fourth-order valence-electron chi connectivity index (χ4n) is 2.85. The van der Waals surface area contributed by atoms with Crippen molar-refractivity contribution in [2.24, 2.45) is 0 Å². The Bertz CT molecular complexity index is 783. The molecule has 2 amide bonds. The van der Waals surface area contributed by atoms with Crippen LogP contribution in [0.1, 0.15) is 33.6 Å². The van der Waals surface area contributed by atoms with Gasteiger partial charge >= 0.3 is 0 Å². The van der Waals surface area contributed by atoms with Crippen LogP contribution in [-0.2, 0) is 4.79 Å². The molecule has 0 aliphatic carbocycles. The number of rotatable bonds is 2. The van der Waals surface area contributed by atoms with Crippen molar-refractivity contribution in [3.8, 4) is 0 Å². The summed E-state index contributed by atoms with van der Waals surface area (Å²) < 4.78 is 0. The largest absolute Gasteiger partial charge is 0.354 e. The van der Waals surface area contributed by atoms with Crippen LogP contribution in [0.3, 0.4) is 0 Å². The number of carbonyl (C=O) groups excluding carboxylic acids is 2. The number of hydrogen-bond acceptors (Lipinski definition) is 3. The van der Waals surface area contributed by atoms with Gasteiger partial charge in [-0.15, -0.1) is 0 Å². The summed E-state index contributed by atoms with van der Waals surface area (Å²) in [4.78, 5) is 28.9. The standard InChI is InChI=1S/C17H19N3O2/c1-9-4-5-13-12(8-9)15(10(2)11(3)19-13)17(22)20-14-6-7-18-16(14)21/h4-5,8,14H,6-7H2,1-3H3,(H,18,21)(H,20,22)/t14-/m0/s1. The lowest BCUT2D eigenvalue weighted by Crippen LogP contribution is -2.40. The van der Waals surface area contributed by atoms with Gasteiger partial charge in [0.05, 0.1) is 11.1 Å². The van der Waals surface area contributed by atoms with Crippen LogP contribution in [0.5, 0.6) is 0 Å². The van der Waals surface area contributed by atoms with Crippen LogP contribution in [0.15, 0.2) is 18.2 Å². The van der Waals surface area contributed by atoms with Gasteiger partial charge in [0.1, 0.15) is 6.04 Å². The van der Waals surface area contributed by atoms with E-state index in [1.165, 1.54) is 0 Å². The Morgan fingerprint density at radius 1 is 1.32 bits per heavy atom. The van der Waals surface area contributed by atoms with Gasteiger partial charge in [-0.25, -0.2) is 0 Å². The molecule has 1 aromatic carbocycles. The second-order valence-corrected chi connectivity index (χ2v) is 5.82. The predicted octanol–water partition coefficient (Wildman–Crippen LogP) is 1.78. The first-order chi connectivity index (χ1) is 10.5. The Balaban J connectivity index is 2.08. The summed E-state index contributed by atoms with van der Waals surface area (Å²) in [6.45, 7) is 6.39. The van der Waals surface area contributed by atoms with E-state index in [4.69, 9.17) is 0 Å². The monoisotopic (exact) mass is 297 g/mol. The van der Waals surface area contributed by atoms with Crippen molar-refractivity contribution in [2.75, 3.05) is 6.54 Å². The second kappa shape index (κ2) is 5.40. The Morgan fingerprint density at radius 3 is 2.77 bits per heavy atom. The number of pyridine rings is 1. The molecule has 1 aromatic heterocycles. The molecule has 3 rings (SSSR count). The SMILES string of the molecule is Cc1ccc2nc(C)c(C)c(C(=O)N[C@H]3CCNC3=O)c2c1. The minimum Gasteiger partial charge on any atom is -0.354 e. The molecule has 2 aromatic rings. The summed E-state index contributed by atoms with van der Waals surface area (Å²) in [6, 6.07) is 5.44. The van der Waals surface area contributed by atoms with E-state index in [0.717, 1.165) is 27.7 Å². The van der Waals surface area contributed by atoms with Crippen LogP contribution in [0.4, 0.5) is 0 Å². The summed E-state index contributed by atoms with van der Waals surface area (Å²) in [5, 5.41) is 6.41. The van der Waals surface area contributed by atoms with E-state index in [1.807, 2.05) is 39.0 Å². The van der Waals surface area contributed by atoms with E-state index < -0.39 is 6.04 Å². The number of fused-ring (bicyclic) bond motifs is 1. The number of carbonyl (C=O) groups is 2. The van der Waals surface area contributed by atoms with Crippen LogP contribution < -0.4 is 10.6 Å². The Hall–Kier alpha value is -2.43. The highest BCUT2D eigenvalue weighted by Crippen LogP contribution is 2.24. The molecule has 1 atom stereocenters. The average molecular weight is 297 g/mol. The molecular weight excluding hydrogens is 278 g/mol. The third-order valence-corrected chi connectivity index (χ3v) is 4.21. The highest BCUT2D eigenvalue weighted by Gasteiger charge is 2.27. The quantitative estimate of drug-likeness (QED) is 0.887. The Morgan fingerprint density at radius 2 is 2.09 bits per heavy atom. The van der Waals surface area contributed by atoms with Crippen LogP contribution in [0.25, 0.3) is 10.9 Å². The topological polar surface area (TPSA) is 71.1 Å². The first kappa shape index (κ1) is 14.5. The number of aryl methyl sites for hydroxylation is 2. The Labute approximate surface area is 129 Å². The average Bonchev–Trinajstić information content (AvgIpc) is 2.86. The van der Waals surface area contributed by atoms with Gasteiger partial charge in [-0.05, 0) is 44.9 Å². The number of nitrogens with one attached hydrogen (secondary N) is 2. The third-order valence-electron chi connectivity index (χ3n) is 4.21. The molecule has 22 heavy (non-hydrogen) atoms. The minimum atomic E-state index is -0.444. The van der Waals surface area contributed by atoms with Gasteiger partial charge in [-0.3, -0.25) is 14.6 Å². The van der Waals surface area contributed by atoms with E-state index in [9.17, 15) is 9.59 Å². The van der Waals surface area contributed by atoms with Gasteiger partial charge < -0.3 is 10.6 Å². The summed E-state index contributed by atoms with van der Waals surface area (Å²) in [5.41, 5.74) is 4.18. The van der Waals surface area contributed by atoms with Crippen molar-refractivity contribution in [3.05, 3.63) is 40.6 Å². The molecular formula is C17H19N3O2. The number of nitrogens with zero attached hydrogens (tertiary/aromatic N) is 1. The maximum absolute atomic E-state index is 12.7. The van der Waals surface area contributed by atoms with Gasteiger partial charge in [0.25, 0.3) is 5.91 Å². The molecule has 0 unspecified atom stereocenters. The fraction of sp³-hybridized carbons (Fsp3) is 0.353. The van der Waals surface area contributed by atoms with Crippen molar-refractivity contribution in [3.63, 3.8) is 0 Å². The van der Waals surface area contributed by atoms with Crippen molar-refractivity contribution < 1.29 is 9.59 Å². The number of aromatic nitrogens is 1. The maximum Gasteiger partial charge on any atom is 0.252 e. The smallest absolute Gasteiger partial charge is 0.252 e. The Kier molecular flexibility index (Phi) is 3.56. The van der Waals surface area contributed by atoms with Crippen LogP contribution >= 0.6 is 0 Å². The van der Waals surface area contributed by atoms with Gasteiger partial charge in [-0.1, -0.05) is 11.6 Å². The molecule has 1 saturated heterocycles. The van der Waals surface area contributed by atoms with Gasteiger partial charge in [0, 0.05) is 17.6 Å². The molecule has 2 heterocycles. The zero-order valence-electron chi connectivity index (χ0n) is 13.0. The van der Waals surface area contributed by atoms with Crippen LogP contribution in [0.2, 0.25) is 0 Å². The van der Waals surface area contributed by atoms with E-state index in [-0.39, 0.29) is 11.8 Å². The predicted molar refractivity (Wildman–Crippen MR) is 84.8 cm³/mol. The molecule has 5 heteroatoms. The lowest BCUT2D eigenvalue weighted by Gasteiger charge is -2.15. The highest BCUT2D eigenvalue weighted by atomic mass is 16.2. The van der Waals surface area contributed by atoms with Gasteiger partial charge in [0.2, 0.25) is 5.91 Å². The van der Waals surface area contributed by atoms with Crippen LogP contribution in [-0.4, -0.2) is 29.4 Å². The summed E-state index contributed by atoms with van der Waals surface area (Å²) >= 11 is 0. The maximum atomic E-state index is 12.7. The molecule has 1 aliphatic heterocycles. The number of amides is 2. The molecule has 1 fully saturated rings. The first-order valence-corrected chi connectivity index (χ1v) is 7.43. The van der Waals surface area contributed by atoms with Gasteiger partial charge in [-0.2, -0.15) is 0 Å². The molecule has 2 N–H and O–H groups in total. The van der Waals surface area contributed by atoms with Gasteiger partial charge in [0.15, 0.2) is 0 Å². The molecule has 1 aliphatic rings. The van der Waals surface area contributed by atoms with E-state index in [1.54, 1.807) is 0 Å². The molecule has 0 radical (unpaired) electrons. The van der Waals surface area contributed by atoms with Crippen molar-refractivity contribution >= 4 is 22.7 Å². The molecule has 0 saturated carbocycles. The summed E-state index contributed by atoms with van der Waals surface area (Å²) in [7, 11) is 0. The molecule has 114 valence electrons. The minimum absolute atomic E-state index is 0.114. The lowest BCUT2D eigenvalue weighted by molar-refractivity contribution is -0.120. The number of hydrogen-bond donors (Lipinski definition) is 2. The van der Waals surface area contributed by atoms with Crippen molar-refractivity contribution in [2.45, 2.75) is 33.2 Å². The zero-order chi connectivity index (χ0) is 15.9. The fourth-order valence-corrected chi connectivity index (χ4v) is 2.85. The zero-order valence-corrected chi connectivity index (χ0v) is 13.0.